The van der Waals surface area contributed by atoms with E-state index in [0.29, 0.717) is 5.69 Å². The van der Waals surface area contributed by atoms with Crippen molar-refractivity contribution in [1.82, 2.24) is 14.1 Å². The molecule has 1 N–H and O–H groups in total. The van der Waals surface area contributed by atoms with E-state index in [-0.39, 0.29) is 38.2 Å². The minimum atomic E-state index is -0.736. The average molecular weight is 495 g/mol. The molecule has 192 valence electrons. The zero-order valence-corrected chi connectivity index (χ0v) is 21.3. The van der Waals surface area contributed by atoms with Gasteiger partial charge >= 0.3 is 17.3 Å². The van der Waals surface area contributed by atoms with Gasteiger partial charge in [0.05, 0.1) is 25.7 Å². The van der Waals surface area contributed by atoms with Crippen LogP contribution in [0.2, 0.25) is 0 Å². The molecule has 0 aliphatic carbocycles. The van der Waals surface area contributed by atoms with Crippen LogP contribution >= 0.6 is 0 Å². The van der Waals surface area contributed by atoms with Crippen LogP contribution < -0.4 is 21.4 Å². The van der Waals surface area contributed by atoms with Gasteiger partial charge in [0.1, 0.15) is 5.75 Å². The number of aryl methyl sites for hydroxylation is 1. The zero-order valence-electron chi connectivity index (χ0n) is 21.3. The van der Waals surface area contributed by atoms with E-state index >= 15 is 0 Å². The third kappa shape index (κ3) is 7.07. The van der Waals surface area contributed by atoms with Crippen LogP contribution in [0.5, 0.6) is 5.75 Å². The van der Waals surface area contributed by atoms with Gasteiger partial charge in [0, 0.05) is 12.2 Å². The van der Waals surface area contributed by atoms with Gasteiger partial charge in [0.15, 0.2) is 0 Å². The van der Waals surface area contributed by atoms with Crippen molar-refractivity contribution >= 4 is 17.6 Å². The van der Waals surface area contributed by atoms with Gasteiger partial charge in [-0.25, -0.2) is 14.2 Å². The smallest absolute Gasteiger partial charge is 0.354 e. The highest BCUT2D eigenvalue weighted by molar-refractivity contribution is 5.69. The molecule has 0 aliphatic heterocycles. The zero-order chi connectivity index (χ0) is 26.1. The van der Waals surface area contributed by atoms with Crippen molar-refractivity contribution < 1.29 is 14.3 Å². The number of hydrogen-bond donors (Lipinski definition) is 1. The minimum Gasteiger partial charge on any atom is -0.490 e. The Hall–Kier alpha value is -3.88. The van der Waals surface area contributed by atoms with Crippen LogP contribution in [0.15, 0.2) is 58.1 Å². The fourth-order valence-electron chi connectivity index (χ4n) is 3.66. The summed E-state index contributed by atoms with van der Waals surface area (Å²) in [6, 6.07) is 15.0. The highest BCUT2D eigenvalue weighted by Gasteiger charge is 2.16. The van der Waals surface area contributed by atoms with E-state index in [2.05, 4.69) is 24.1 Å². The van der Waals surface area contributed by atoms with E-state index in [0.717, 1.165) is 34.3 Å². The fraction of sp³-hybridized carbons (Fsp3) is 0.407. The van der Waals surface area contributed by atoms with Crippen molar-refractivity contribution in [3.63, 3.8) is 0 Å². The van der Waals surface area contributed by atoms with E-state index in [1.165, 1.54) is 4.57 Å². The first-order chi connectivity index (χ1) is 17.3. The molecule has 0 aliphatic rings. The van der Waals surface area contributed by atoms with E-state index in [9.17, 15) is 14.4 Å². The number of anilines is 2. The molecule has 0 saturated carbocycles. The number of benzene rings is 2. The summed E-state index contributed by atoms with van der Waals surface area (Å²) >= 11 is 0. The number of ether oxygens (including phenoxy) is 2. The Morgan fingerprint density at radius 3 is 2.25 bits per heavy atom. The molecule has 3 rings (SSSR count). The molecule has 2 aromatic carbocycles. The second-order valence-electron chi connectivity index (χ2n) is 8.48. The quantitative estimate of drug-likeness (QED) is 0.379. The molecule has 0 spiro atoms. The van der Waals surface area contributed by atoms with Crippen LogP contribution in [0, 0.1) is 6.92 Å². The van der Waals surface area contributed by atoms with E-state index in [4.69, 9.17) is 9.47 Å². The van der Waals surface area contributed by atoms with E-state index in [1.807, 2.05) is 55.5 Å². The molecule has 9 nitrogen and oxygen atoms in total. The molecule has 0 saturated heterocycles. The van der Waals surface area contributed by atoms with Crippen LogP contribution in [0.25, 0.3) is 0 Å². The van der Waals surface area contributed by atoms with Crippen LogP contribution in [0.4, 0.5) is 11.6 Å². The molecule has 3 aromatic rings. The van der Waals surface area contributed by atoms with Crippen LogP contribution in [-0.2, 0) is 22.6 Å². The minimum absolute atomic E-state index is 0.0973. The van der Waals surface area contributed by atoms with Crippen molar-refractivity contribution in [2.75, 3.05) is 11.9 Å². The van der Waals surface area contributed by atoms with Crippen LogP contribution in [0.1, 0.15) is 51.2 Å². The van der Waals surface area contributed by atoms with Gasteiger partial charge in [-0.2, -0.15) is 4.98 Å². The Labute approximate surface area is 210 Å². The standard InChI is InChI=1S/C27H34N4O5/c1-5-22(6-2)36-23-14-12-21(13-15-23)28-25-29-26(33)30(17-16-24(32)35-7-3)27(34)31(25)18-20-10-8-19(4)9-11-20/h8-15,22H,5-7,16-18H2,1-4H3,(H,28,29,33). The first-order valence-electron chi connectivity index (χ1n) is 12.3. The molecule has 0 fully saturated rings. The number of aromatic nitrogens is 3. The molecule has 0 radical (unpaired) electrons. The van der Waals surface area contributed by atoms with Crippen molar-refractivity contribution in [1.29, 1.82) is 0 Å². The number of carbonyl (C=O) groups excluding carboxylic acids is 1. The van der Waals surface area contributed by atoms with Crippen molar-refractivity contribution in [3.05, 3.63) is 80.6 Å². The normalized spacial score (nSPS) is 10.9. The van der Waals surface area contributed by atoms with Crippen LogP contribution in [0.3, 0.4) is 0 Å². The number of nitrogens with zero attached hydrogens (tertiary/aromatic N) is 3. The molecular formula is C27H34N4O5. The Bertz CT molecular complexity index is 1260. The molecular weight excluding hydrogens is 460 g/mol. The Kier molecular flexibility index (Phi) is 9.44. The Balaban J connectivity index is 1.93. The third-order valence-corrected chi connectivity index (χ3v) is 5.78. The molecule has 0 bridgehead atoms. The average Bonchev–Trinajstić information content (AvgIpc) is 2.87. The first kappa shape index (κ1) is 26.7. The van der Waals surface area contributed by atoms with Crippen molar-refractivity contribution in [3.8, 4) is 5.75 Å². The fourth-order valence-corrected chi connectivity index (χ4v) is 3.66. The Morgan fingerprint density at radius 1 is 0.972 bits per heavy atom. The largest absolute Gasteiger partial charge is 0.490 e. The summed E-state index contributed by atoms with van der Waals surface area (Å²) in [6.07, 6.45) is 1.88. The highest BCUT2D eigenvalue weighted by atomic mass is 16.5. The lowest BCUT2D eigenvalue weighted by atomic mass is 10.1. The van der Waals surface area contributed by atoms with E-state index in [1.54, 1.807) is 6.92 Å². The van der Waals surface area contributed by atoms with Crippen LogP contribution in [-0.4, -0.2) is 32.8 Å². The molecule has 1 aromatic heterocycles. The summed E-state index contributed by atoms with van der Waals surface area (Å²) in [5.41, 5.74) is 1.33. The second-order valence-corrected chi connectivity index (χ2v) is 8.48. The number of carbonyl (C=O) groups is 1. The van der Waals surface area contributed by atoms with Gasteiger partial charge in [-0.05, 0) is 56.5 Å². The maximum atomic E-state index is 13.4. The molecule has 0 amide bonds. The topological polar surface area (TPSA) is 104 Å². The summed E-state index contributed by atoms with van der Waals surface area (Å²) in [7, 11) is 0. The predicted octanol–water partition coefficient (Wildman–Crippen LogP) is 4.03. The predicted molar refractivity (Wildman–Crippen MR) is 139 cm³/mol. The highest BCUT2D eigenvalue weighted by Crippen LogP contribution is 2.21. The van der Waals surface area contributed by atoms with Gasteiger partial charge in [0.2, 0.25) is 5.95 Å². The number of esters is 1. The lowest BCUT2D eigenvalue weighted by Gasteiger charge is -2.17. The monoisotopic (exact) mass is 494 g/mol. The van der Waals surface area contributed by atoms with Crippen molar-refractivity contribution in [2.24, 2.45) is 0 Å². The van der Waals surface area contributed by atoms with Gasteiger partial charge in [-0.1, -0.05) is 43.7 Å². The maximum Gasteiger partial charge on any atom is 0.354 e. The number of hydrogen-bond acceptors (Lipinski definition) is 7. The molecule has 0 atom stereocenters. The number of rotatable bonds is 12. The number of nitrogens with one attached hydrogen (secondary N) is 1. The molecule has 0 unspecified atom stereocenters. The lowest BCUT2D eigenvalue weighted by Crippen LogP contribution is -2.43. The molecule has 36 heavy (non-hydrogen) atoms. The summed E-state index contributed by atoms with van der Waals surface area (Å²) in [5.74, 6) is 0.382. The van der Waals surface area contributed by atoms with Gasteiger partial charge in [-0.3, -0.25) is 9.36 Å². The summed E-state index contributed by atoms with van der Waals surface area (Å²) in [4.78, 5) is 42.0. The molecule has 1 heterocycles. The summed E-state index contributed by atoms with van der Waals surface area (Å²) in [5, 5.41) is 3.10. The summed E-state index contributed by atoms with van der Waals surface area (Å²) < 4.78 is 13.2. The van der Waals surface area contributed by atoms with Gasteiger partial charge < -0.3 is 14.8 Å². The first-order valence-corrected chi connectivity index (χ1v) is 12.3. The Morgan fingerprint density at radius 2 is 1.64 bits per heavy atom. The van der Waals surface area contributed by atoms with Crippen molar-refractivity contribution in [2.45, 2.75) is 66.2 Å². The molecule has 9 heteroatoms. The van der Waals surface area contributed by atoms with Gasteiger partial charge in [0.25, 0.3) is 0 Å². The third-order valence-electron chi connectivity index (χ3n) is 5.78. The van der Waals surface area contributed by atoms with Gasteiger partial charge in [-0.15, -0.1) is 0 Å². The van der Waals surface area contributed by atoms with E-state index < -0.39 is 17.3 Å². The lowest BCUT2D eigenvalue weighted by molar-refractivity contribution is -0.143. The second kappa shape index (κ2) is 12.7. The SMILES string of the molecule is CCOC(=O)CCn1c(=O)nc(Nc2ccc(OC(CC)CC)cc2)n(Cc2ccc(C)cc2)c1=O. The maximum absolute atomic E-state index is 13.4. The summed E-state index contributed by atoms with van der Waals surface area (Å²) in [6.45, 7) is 8.16.